The summed E-state index contributed by atoms with van der Waals surface area (Å²) in [6, 6.07) is 28.3. The van der Waals surface area contributed by atoms with Crippen molar-refractivity contribution in [3.05, 3.63) is 102 Å². The van der Waals surface area contributed by atoms with Gasteiger partial charge in [-0.25, -0.2) is 0 Å². The molecule has 0 aliphatic heterocycles. The maximum absolute atomic E-state index is 8.85. The van der Waals surface area contributed by atoms with Crippen molar-refractivity contribution in [3.63, 3.8) is 0 Å². The smallest absolute Gasteiger partial charge is 0.0991 e. The van der Waals surface area contributed by atoms with Crippen molar-refractivity contribution in [3.8, 4) is 17.2 Å². The summed E-state index contributed by atoms with van der Waals surface area (Å²) in [5, 5.41) is 8.85. The average Bonchev–Trinajstić information content (AvgIpc) is 2.62. The molecule has 0 bridgehead atoms. The monoisotopic (exact) mass is 281 g/mol. The van der Waals surface area contributed by atoms with E-state index in [1.165, 1.54) is 11.1 Å². The van der Waals surface area contributed by atoms with E-state index in [-0.39, 0.29) is 0 Å². The highest BCUT2D eigenvalue weighted by molar-refractivity contribution is 5.79. The Kier molecular flexibility index (Phi) is 3.85. The van der Waals surface area contributed by atoms with Crippen LogP contribution in [-0.2, 0) is 0 Å². The first kappa shape index (κ1) is 13.9. The minimum absolute atomic E-state index is 0.663. The molecule has 0 heterocycles. The SMILES string of the molecule is C=C(c1ccc(C#N)cc1)c1ccc(-c2ccccc2)cc1. The van der Waals surface area contributed by atoms with Crippen LogP contribution < -0.4 is 0 Å². The third-order valence-corrected chi connectivity index (χ3v) is 3.70. The van der Waals surface area contributed by atoms with E-state index in [4.69, 9.17) is 5.26 Å². The second kappa shape index (κ2) is 6.11. The molecular weight excluding hydrogens is 266 g/mol. The van der Waals surface area contributed by atoms with Gasteiger partial charge >= 0.3 is 0 Å². The zero-order chi connectivity index (χ0) is 15.4. The predicted molar refractivity (Wildman–Crippen MR) is 91.2 cm³/mol. The molecular formula is C21H15N. The lowest BCUT2D eigenvalue weighted by molar-refractivity contribution is 1.47. The van der Waals surface area contributed by atoms with E-state index in [2.05, 4.69) is 49.0 Å². The summed E-state index contributed by atoms with van der Waals surface area (Å²) in [6.45, 7) is 4.17. The van der Waals surface area contributed by atoms with E-state index >= 15 is 0 Å². The van der Waals surface area contributed by atoms with E-state index in [0.29, 0.717) is 5.56 Å². The Balaban J connectivity index is 1.86. The molecule has 0 fully saturated rings. The van der Waals surface area contributed by atoms with Gasteiger partial charge in [0.05, 0.1) is 11.6 Å². The molecule has 0 aliphatic rings. The van der Waals surface area contributed by atoms with Crippen molar-refractivity contribution in [2.45, 2.75) is 0 Å². The van der Waals surface area contributed by atoms with E-state index in [9.17, 15) is 0 Å². The van der Waals surface area contributed by atoms with Crippen molar-refractivity contribution in [1.82, 2.24) is 0 Å². The van der Waals surface area contributed by atoms with Gasteiger partial charge in [-0.15, -0.1) is 0 Å². The molecule has 3 aromatic rings. The third-order valence-electron chi connectivity index (χ3n) is 3.70. The lowest BCUT2D eigenvalue weighted by Gasteiger charge is -2.08. The van der Waals surface area contributed by atoms with Gasteiger partial charge < -0.3 is 0 Å². The number of hydrogen-bond acceptors (Lipinski definition) is 1. The zero-order valence-corrected chi connectivity index (χ0v) is 12.2. The maximum atomic E-state index is 8.85. The van der Waals surface area contributed by atoms with Crippen molar-refractivity contribution in [2.24, 2.45) is 0 Å². The Morgan fingerprint density at radius 1 is 0.682 bits per heavy atom. The van der Waals surface area contributed by atoms with Crippen LogP contribution in [0.5, 0.6) is 0 Å². The fourth-order valence-corrected chi connectivity index (χ4v) is 2.41. The van der Waals surface area contributed by atoms with Gasteiger partial charge in [-0.05, 0) is 40.0 Å². The van der Waals surface area contributed by atoms with Crippen LogP contribution in [0, 0.1) is 11.3 Å². The van der Waals surface area contributed by atoms with Gasteiger partial charge in [0, 0.05) is 0 Å². The fourth-order valence-electron chi connectivity index (χ4n) is 2.41. The summed E-state index contributed by atoms with van der Waals surface area (Å²) >= 11 is 0. The lowest BCUT2D eigenvalue weighted by Crippen LogP contribution is -1.87. The Bertz CT molecular complexity index is 820. The first-order chi connectivity index (χ1) is 10.8. The first-order valence-electron chi connectivity index (χ1n) is 7.13. The van der Waals surface area contributed by atoms with Gasteiger partial charge in [-0.1, -0.05) is 73.3 Å². The van der Waals surface area contributed by atoms with Gasteiger partial charge in [-0.3, -0.25) is 0 Å². The average molecular weight is 281 g/mol. The number of rotatable bonds is 3. The van der Waals surface area contributed by atoms with E-state index in [1.807, 2.05) is 42.5 Å². The first-order valence-corrected chi connectivity index (χ1v) is 7.13. The highest BCUT2D eigenvalue weighted by Gasteiger charge is 2.03. The van der Waals surface area contributed by atoms with Crippen LogP contribution in [0.1, 0.15) is 16.7 Å². The number of nitrogens with zero attached hydrogens (tertiary/aromatic N) is 1. The summed E-state index contributed by atoms with van der Waals surface area (Å²) in [5.41, 5.74) is 6.14. The third kappa shape index (κ3) is 2.82. The normalized spacial score (nSPS) is 9.95. The summed E-state index contributed by atoms with van der Waals surface area (Å²) in [6.07, 6.45) is 0. The van der Waals surface area contributed by atoms with Crippen LogP contribution in [-0.4, -0.2) is 0 Å². The van der Waals surface area contributed by atoms with Gasteiger partial charge in [0.15, 0.2) is 0 Å². The molecule has 22 heavy (non-hydrogen) atoms. The minimum Gasteiger partial charge on any atom is -0.192 e. The highest BCUT2D eigenvalue weighted by atomic mass is 14.2. The summed E-state index contributed by atoms with van der Waals surface area (Å²) < 4.78 is 0. The largest absolute Gasteiger partial charge is 0.192 e. The van der Waals surface area contributed by atoms with E-state index in [1.54, 1.807) is 0 Å². The topological polar surface area (TPSA) is 23.8 Å². The fraction of sp³-hybridized carbons (Fsp3) is 0. The van der Waals surface area contributed by atoms with Crippen molar-refractivity contribution >= 4 is 5.57 Å². The second-order valence-corrected chi connectivity index (χ2v) is 5.11. The van der Waals surface area contributed by atoms with E-state index in [0.717, 1.165) is 16.7 Å². The summed E-state index contributed by atoms with van der Waals surface area (Å²) in [4.78, 5) is 0. The van der Waals surface area contributed by atoms with Gasteiger partial charge in [-0.2, -0.15) is 5.26 Å². The lowest BCUT2D eigenvalue weighted by atomic mass is 9.96. The Morgan fingerprint density at radius 2 is 1.18 bits per heavy atom. The molecule has 0 radical (unpaired) electrons. The predicted octanol–water partition coefficient (Wildman–Crippen LogP) is 5.29. The molecule has 0 unspecified atom stereocenters. The Labute approximate surface area is 130 Å². The highest BCUT2D eigenvalue weighted by Crippen LogP contribution is 2.25. The van der Waals surface area contributed by atoms with Crippen LogP contribution >= 0.6 is 0 Å². The van der Waals surface area contributed by atoms with Crippen LogP contribution in [0.25, 0.3) is 16.7 Å². The molecule has 0 aliphatic carbocycles. The Hall–Kier alpha value is -3.11. The molecule has 1 nitrogen and oxygen atoms in total. The van der Waals surface area contributed by atoms with Crippen molar-refractivity contribution in [1.29, 1.82) is 5.26 Å². The van der Waals surface area contributed by atoms with Gasteiger partial charge in [0.25, 0.3) is 0 Å². The standard InChI is InChI=1S/C21H15N/c1-16(18-9-7-17(15-22)8-10-18)19-11-13-21(14-12-19)20-5-3-2-4-6-20/h2-14H,1H2. The molecule has 3 rings (SSSR count). The van der Waals surface area contributed by atoms with Crippen molar-refractivity contribution in [2.75, 3.05) is 0 Å². The van der Waals surface area contributed by atoms with Gasteiger partial charge in [0.1, 0.15) is 0 Å². The van der Waals surface area contributed by atoms with Crippen LogP contribution in [0.15, 0.2) is 85.4 Å². The van der Waals surface area contributed by atoms with Crippen LogP contribution in [0.4, 0.5) is 0 Å². The van der Waals surface area contributed by atoms with E-state index < -0.39 is 0 Å². The Morgan fingerprint density at radius 3 is 1.73 bits per heavy atom. The quantitative estimate of drug-likeness (QED) is 0.640. The van der Waals surface area contributed by atoms with Crippen LogP contribution in [0.3, 0.4) is 0 Å². The second-order valence-electron chi connectivity index (χ2n) is 5.11. The number of hydrogen-bond donors (Lipinski definition) is 0. The number of nitriles is 1. The summed E-state index contributed by atoms with van der Waals surface area (Å²) in [7, 11) is 0. The van der Waals surface area contributed by atoms with Gasteiger partial charge in [0.2, 0.25) is 0 Å². The van der Waals surface area contributed by atoms with Crippen molar-refractivity contribution < 1.29 is 0 Å². The molecule has 0 spiro atoms. The molecule has 0 atom stereocenters. The number of benzene rings is 3. The molecule has 1 heteroatoms. The molecule has 0 amide bonds. The molecule has 0 aromatic heterocycles. The molecule has 3 aromatic carbocycles. The summed E-state index contributed by atoms with van der Waals surface area (Å²) in [5.74, 6) is 0. The maximum Gasteiger partial charge on any atom is 0.0991 e. The molecule has 0 saturated heterocycles. The minimum atomic E-state index is 0.663. The molecule has 0 N–H and O–H groups in total. The zero-order valence-electron chi connectivity index (χ0n) is 12.2. The molecule has 104 valence electrons. The molecule has 0 saturated carbocycles. The van der Waals surface area contributed by atoms with Crippen LogP contribution in [0.2, 0.25) is 0 Å².